The maximum absolute atomic E-state index is 13.1. The largest absolute Gasteiger partial charge is 0.468 e. The molecular formula is C22H20BrNO3. The van der Waals surface area contributed by atoms with Crippen LogP contribution in [0.3, 0.4) is 0 Å². The number of hydrogen-bond donors (Lipinski definition) is 0. The molecule has 0 aromatic heterocycles. The number of ether oxygens (including phenoxy) is 1. The van der Waals surface area contributed by atoms with E-state index in [1.165, 1.54) is 7.11 Å². The molecule has 3 unspecified atom stereocenters. The number of halogens is 1. The van der Waals surface area contributed by atoms with Gasteiger partial charge in [0.25, 0.3) is 5.91 Å². The fourth-order valence-electron chi connectivity index (χ4n) is 4.67. The van der Waals surface area contributed by atoms with Crippen LogP contribution in [0, 0.1) is 5.41 Å². The topological polar surface area (TPSA) is 46.6 Å². The van der Waals surface area contributed by atoms with Gasteiger partial charge in [0, 0.05) is 12.0 Å². The molecule has 3 atom stereocenters. The lowest BCUT2D eigenvalue weighted by molar-refractivity contribution is -0.145. The zero-order valence-corrected chi connectivity index (χ0v) is 16.8. The first-order chi connectivity index (χ1) is 13.0. The standard InChI is InChI=1S/C22H20BrNO3/c1-21-13-17(23)18(25)24(14-15-9-5-3-6-10-15)19(21)22(21,20(26)27-2)16-11-7-4-8-12-16/h3-13,19H,14H2,1-2H3. The lowest BCUT2D eigenvalue weighted by atomic mass is 9.86. The van der Waals surface area contributed by atoms with E-state index in [1.54, 1.807) is 4.90 Å². The van der Waals surface area contributed by atoms with Crippen molar-refractivity contribution in [2.24, 2.45) is 5.41 Å². The van der Waals surface area contributed by atoms with Gasteiger partial charge in [-0.2, -0.15) is 0 Å². The molecule has 1 amide bonds. The molecule has 5 heteroatoms. The highest BCUT2D eigenvalue weighted by atomic mass is 79.9. The Kier molecular flexibility index (Phi) is 4.22. The van der Waals surface area contributed by atoms with Gasteiger partial charge in [-0.25, -0.2) is 0 Å². The smallest absolute Gasteiger partial charge is 0.319 e. The molecule has 2 aromatic rings. The van der Waals surface area contributed by atoms with E-state index in [2.05, 4.69) is 15.9 Å². The normalized spacial score (nSPS) is 29.0. The van der Waals surface area contributed by atoms with Gasteiger partial charge in [-0.3, -0.25) is 9.59 Å². The van der Waals surface area contributed by atoms with Crippen LogP contribution in [-0.4, -0.2) is 29.9 Å². The average Bonchev–Trinajstić information content (AvgIpc) is 3.26. The number of amides is 1. The van der Waals surface area contributed by atoms with E-state index in [4.69, 9.17) is 4.74 Å². The highest BCUT2D eigenvalue weighted by Crippen LogP contribution is 2.70. The molecule has 2 aliphatic rings. The van der Waals surface area contributed by atoms with Crippen molar-refractivity contribution in [1.29, 1.82) is 0 Å². The predicted octanol–water partition coefficient (Wildman–Crippen LogP) is 3.81. The Hall–Kier alpha value is -2.40. The van der Waals surface area contributed by atoms with Gasteiger partial charge < -0.3 is 9.64 Å². The second-order valence-electron chi connectivity index (χ2n) is 7.26. The summed E-state index contributed by atoms with van der Waals surface area (Å²) in [5.74, 6) is -0.423. The number of methoxy groups -OCH3 is 1. The first-order valence-electron chi connectivity index (χ1n) is 8.84. The van der Waals surface area contributed by atoms with Gasteiger partial charge in [-0.1, -0.05) is 73.7 Å². The number of benzene rings is 2. The minimum atomic E-state index is -0.914. The Morgan fingerprint density at radius 3 is 2.30 bits per heavy atom. The van der Waals surface area contributed by atoms with Gasteiger partial charge in [0.1, 0.15) is 5.41 Å². The molecule has 4 rings (SSSR count). The number of hydrogen-bond acceptors (Lipinski definition) is 3. The number of fused-ring (bicyclic) bond motifs is 1. The summed E-state index contributed by atoms with van der Waals surface area (Å²) in [4.78, 5) is 27.9. The fraction of sp³-hybridized carbons (Fsp3) is 0.273. The molecule has 0 spiro atoms. The van der Waals surface area contributed by atoms with Gasteiger partial charge in [-0.05, 0) is 27.1 Å². The first kappa shape index (κ1) is 18.0. The van der Waals surface area contributed by atoms with Crippen molar-refractivity contribution in [3.8, 4) is 0 Å². The quantitative estimate of drug-likeness (QED) is 0.699. The third-order valence-corrected chi connectivity index (χ3v) is 6.45. The summed E-state index contributed by atoms with van der Waals surface area (Å²) in [6, 6.07) is 19.1. The second kappa shape index (κ2) is 6.34. The molecule has 1 heterocycles. The maximum atomic E-state index is 13.1. The van der Waals surface area contributed by atoms with Crippen LogP contribution in [0.5, 0.6) is 0 Å². The molecule has 4 nitrogen and oxygen atoms in total. The van der Waals surface area contributed by atoms with Crippen molar-refractivity contribution >= 4 is 27.8 Å². The molecule has 138 valence electrons. The Bertz CT molecular complexity index is 927. The third-order valence-electron chi connectivity index (χ3n) is 5.88. The highest BCUT2D eigenvalue weighted by molar-refractivity contribution is 9.12. The van der Waals surface area contributed by atoms with Gasteiger partial charge in [0.2, 0.25) is 0 Å². The minimum Gasteiger partial charge on any atom is -0.468 e. The lowest BCUT2D eigenvalue weighted by Gasteiger charge is -2.28. The van der Waals surface area contributed by atoms with Gasteiger partial charge in [-0.15, -0.1) is 0 Å². The van der Waals surface area contributed by atoms with E-state index < -0.39 is 10.8 Å². The second-order valence-corrected chi connectivity index (χ2v) is 8.12. The van der Waals surface area contributed by atoms with Gasteiger partial charge in [0.15, 0.2) is 0 Å². The summed E-state index contributed by atoms with van der Waals surface area (Å²) in [6.45, 7) is 2.46. The number of carbonyl (C=O) groups is 2. The first-order valence-corrected chi connectivity index (χ1v) is 9.63. The fourth-order valence-corrected chi connectivity index (χ4v) is 5.37. The van der Waals surface area contributed by atoms with Crippen LogP contribution in [0.1, 0.15) is 18.1 Å². The van der Waals surface area contributed by atoms with Crippen molar-refractivity contribution in [2.45, 2.75) is 24.9 Å². The van der Waals surface area contributed by atoms with Crippen LogP contribution in [0.4, 0.5) is 0 Å². The Labute approximate surface area is 167 Å². The van der Waals surface area contributed by atoms with Crippen LogP contribution in [0.15, 0.2) is 71.2 Å². The number of rotatable bonds is 4. The lowest BCUT2D eigenvalue weighted by Crippen LogP contribution is -2.40. The molecule has 1 aliphatic carbocycles. The minimum absolute atomic E-state index is 0.108. The summed E-state index contributed by atoms with van der Waals surface area (Å²) in [6.07, 6.45) is 1.88. The molecule has 1 aliphatic heterocycles. The molecule has 0 N–H and O–H groups in total. The monoisotopic (exact) mass is 425 g/mol. The van der Waals surface area contributed by atoms with E-state index in [9.17, 15) is 9.59 Å². The van der Waals surface area contributed by atoms with Crippen LogP contribution >= 0.6 is 15.9 Å². The zero-order valence-electron chi connectivity index (χ0n) is 15.2. The van der Waals surface area contributed by atoms with Gasteiger partial charge >= 0.3 is 5.97 Å². The van der Waals surface area contributed by atoms with Crippen LogP contribution < -0.4 is 0 Å². The van der Waals surface area contributed by atoms with E-state index in [0.717, 1.165) is 11.1 Å². The average molecular weight is 426 g/mol. The SMILES string of the molecule is COC(=O)C1(c2ccccc2)C2N(Cc3ccccc3)C(=O)C(Br)=CC21C. The highest BCUT2D eigenvalue weighted by Gasteiger charge is 2.82. The van der Waals surface area contributed by atoms with E-state index in [1.807, 2.05) is 73.7 Å². The van der Waals surface area contributed by atoms with Crippen molar-refractivity contribution in [3.63, 3.8) is 0 Å². The van der Waals surface area contributed by atoms with E-state index >= 15 is 0 Å². The zero-order chi connectivity index (χ0) is 19.2. The summed E-state index contributed by atoms with van der Waals surface area (Å²) in [5.41, 5.74) is 0.439. The summed E-state index contributed by atoms with van der Waals surface area (Å²) < 4.78 is 5.72. The van der Waals surface area contributed by atoms with Crippen molar-refractivity contribution in [3.05, 3.63) is 82.3 Å². The van der Waals surface area contributed by atoms with Crippen LogP contribution in [-0.2, 0) is 26.3 Å². The van der Waals surface area contributed by atoms with E-state index in [0.29, 0.717) is 11.0 Å². The van der Waals surface area contributed by atoms with Crippen LogP contribution in [0.25, 0.3) is 0 Å². The molecule has 27 heavy (non-hydrogen) atoms. The molecule has 1 fully saturated rings. The molecule has 1 saturated carbocycles. The number of carbonyl (C=O) groups excluding carboxylic acids is 2. The molecule has 0 saturated heterocycles. The van der Waals surface area contributed by atoms with Crippen molar-refractivity contribution < 1.29 is 14.3 Å². The third kappa shape index (κ3) is 2.41. The van der Waals surface area contributed by atoms with E-state index in [-0.39, 0.29) is 17.9 Å². The maximum Gasteiger partial charge on any atom is 0.319 e. The van der Waals surface area contributed by atoms with Crippen molar-refractivity contribution in [2.75, 3.05) is 7.11 Å². The molecular weight excluding hydrogens is 406 g/mol. The predicted molar refractivity (Wildman–Crippen MR) is 106 cm³/mol. The van der Waals surface area contributed by atoms with Gasteiger partial charge in [0.05, 0.1) is 17.6 Å². The summed E-state index contributed by atoms with van der Waals surface area (Å²) in [7, 11) is 1.41. The number of esters is 1. The Morgan fingerprint density at radius 1 is 1.11 bits per heavy atom. The van der Waals surface area contributed by atoms with Crippen LogP contribution in [0.2, 0.25) is 0 Å². The molecule has 0 radical (unpaired) electrons. The Balaban J connectivity index is 1.85. The summed E-state index contributed by atoms with van der Waals surface area (Å²) >= 11 is 3.42. The van der Waals surface area contributed by atoms with Crippen molar-refractivity contribution in [1.82, 2.24) is 4.90 Å². The molecule has 0 bridgehead atoms. The Morgan fingerprint density at radius 2 is 1.70 bits per heavy atom. The number of nitrogens with zero attached hydrogens (tertiary/aromatic N) is 1. The molecule has 2 aromatic carbocycles. The summed E-state index contributed by atoms with van der Waals surface area (Å²) in [5, 5.41) is 0.